The van der Waals surface area contributed by atoms with Crippen LogP contribution in [0.3, 0.4) is 0 Å². The number of aryl methyl sites for hydroxylation is 2. The zero-order valence-electron chi connectivity index (χ0n) is 19.5. The molecule has 0 bridgehead atoms. The molecule has 0 spiro atoms. The molecule has 1 aliphatic carbocycles. The van der Waals surface area contributed by atoms with E-state index in [0.29, 0.717) is 12.5 Å². The summed E-state index contributed by atoms with van der Waals surface area (Å²) in [5, 5.41) is 15.4. The predicted octanol–water partition coefficient (Wildman–Crippen LogP) is 2.80. The van der Waals surface area contributed by atoms with E-state index in [1.54, 1.807) is 13.8 Å². The van der Waals surface area contributed by atoms with Crippen molar-refractivity contribution in [2.45, 2.75) is 70.9 Å². The van der Waals surface area contributed by atoms with Crippen LogP contribution in [0.4, 0.5) is 5.82 Å². The topological polar surface area (TPSA) is 110 Å². The maximum absolute atomic E-state index is 12.3. The fourth-order valence-electron chi connectivity index (χ4n) is 4.30. The van der Waals surface area contributed by atoms with Crippen molar-refractivity contribution in [1.82, 2.24) is 10.3 Å². The van der Waals surface area contributed by atoms with Gasteiger partial charge in [0.15, 0.2) is 0 Å². The smallest absolute Gasteiger partial charge is 0.326 e. The summed E-state index contributed by atoms with van der Waals surface area (Å²) in [4.78, 5) is 28.6. The molecule has 1 amide bonds. The number of pyridine rings is 1. The van der Waals surface area contributed by atoms with E-state index >= 15 is 0 Å². The van der Waals surface area contributed by atoms with Gasteiger partial charge in [-0.1, -0.05) is 6.07 Å². The van der Waals surface area contributed by atoms with Crippen LogP contribution >= 0.6 is 0 Å². The second-order valence-corrected chi connectivity index (χ2v) is 9.68. The average molecular weight is 448 g/mol. The molecular weight excluding hydrogens is 410 g/mol. The number of aromatic nitrogens is 1. The summed E-state index contributed by atoms with van der Waals surface area (Å²) in [6.45, 7) is 5.00. The van der Waals surface area contributed by atoms with Gasteiger partial charge in [-0.2, -0.15) is 0 Å². The molecular formula is C24H37N3O5. The molecule has 0 aromatic carbocycles. The van der Waals surface area contributed by atoms with Crippen LogP contribution in [0.1, 0.15) is 57.2 Å². The van der Waals surface area contributed by atoms with Gasteiger partial charge in [-0.25, -0.2) is 9.78 Å². The summed E-state index contributed by atoms with van der Waals surface area (Å²) in [6, 6.07) is 3.38. The van der Waals surface area contributed by atoms with Gasteiger partial charge in [0.1, 0.15) is 11.9 Å². The lowest BCUT2D eigenvalue weighted by Gasteiger charge is -2.35. The number of rotatable bonds is 12. The number of carboxylic acids is 1. The Morgan fingerprint density at radius 1 is 1.34 bits per heavy atom. The van der Waals surface area contributed by atoms with Crippen molar-refractivity contribution in [3.05, 3.63) is 23.4 Å². The highest BCUT2D eigenvalue weighted by atomic mass is 16.5. The molecule has 2 heterocycles. The molecule has 2 aliphatic rings. The number of carboxylic acid groups (broad SMARTS) is 1. The number of hydrogen-bond acceptors (Lipinski definition) is 6. The molecule has 1 aromatic heterocycles. The van der Waals surface area contributed by atoms with Crippen molar-refractivity contribution in [2.75, 3.05) is 32.2 Å². The normalized spacial score (nSPS) is 21.1. The number of carbonyl (C=O) groups excluding carboxylic acids is 1. The van der Waals surface area contributed by atoms with Gasteiger partial charge < -0.3 is 25.2 Å². The molecule has 178 valence electrons. The van der Waals surface area contributed by atoms with Crippen molar-refractivity contribution in [3.63, 3.8) is 0 Å². The van der Waals surface area contributed by atoms with Crippen LogP contribution in [-0.4, -0.2) is 61.0 Å². The van der Waals surface area contributed by atoms with E-state index in [1.165, 1.54) is 19.1 Å². The largest absolute Gasteiger partial charge is 0.480 e. The number of aliphatic carboxylic acids is 1. The Morgan fingerprint density at radius 3 is 2.84 bits per heavy atom. The van der Waals surface area contributed by atoms with E-state index in [0.717, 1.165) is 50.2 Å². The summed E-state index contributed by atoms with van der Waals surface area (Å²) in [5.41, 5.74) is 1.67. The minimum atomic E-state index is -1.05. The minimum Gasteiger partial charge on any atom is -0.480 e. The van der Waals surface area contributed by atoms with Crippen LogP contribution in [-0.2, 0) is 31.9 Å². The number of carbonyl (C=O) groups is 2. The second-order valence-electron chi connectivity index (χ2n) is 9.68. The van der Waals surface area contributed by atoms with Gasteiger partial charge in [0.05, 0.1) is 18.1 Å². The van der Waals surface area contributed by atoms with Crippen LogP contribution in [0, 0.1) is 11.3 Å². The van der Waals surface area contributed by atoms with E-state index in [2.05, 4.69) is 22.8 Å². The van der Waals surface area contributed by atoms with Crippen LogP contribution < -0.4 is 10.6 Å². The SMILES string of the molecule is COCC(C)(C)C(=O)NC(CCO[C@H]1C[C@H](CCc2ccc3c(n2)NCCC3)C1)C(=O)O. The molecule has 32 heavy (non-hydrogen) atoms. The minimum absolute atomic E-state index is 0.174. The van der Waals surface area contributed by atoms with Crippen molar-refractivity contribution < 1.29 is 24.2 Å². The average Bonchev–Trinajstić information content (AvgIpc) is 2.73. The molecule has 0 saturated heterocycles. The molecule has 8 heteroatoms. The Morgan fingerprint density at radius 2 is 2.12 bits per heavy atom. The maximum atomic E-state index is 12.3. The van der Waals surface area contributed by atoms with Gasteiger partial charge in [0.2, 0.25) is 5.91 Å². The molecule has 1 unspecified atom stereocenters. The van der Waals surface area contributed by atoms with Crippen LogP contribution in [0.5, 0.6) is 0 Å². The number of ether oxygens (including phenoxy) is 2. The lowest BCUT2D eigenvalue weighted by Crippen LogP contribution is -2.48. The van der Waals surface area contributed by atoms with Crippen molar-refractivity contribution in [3.8, 4) is 0 Å². The van der Waals surface area contributed by atoms with E-state index < -0.39 is 17.4 Å². The number of nitrogens with one attached hydrogen (secondary N) is 2. The highest BCUT2D eigenvalue weighted by Crippen LogP contribution is 2.34. The van der Waals surface area contributed by atoms with Crippen LogP contribution in [0.25, 0.3) is 0 Å². The Hall–Kier alpha value is -2.19. The fraction of sp³-hybridized carbons (Fsp3) is 0.708. The van der Waals surface area contributed by atoms with E-state index in [9.17, 15) is 14.7 Å². The van der Waals surface area contributed by atoms with Crippen molar-refractivity contribution in [1.29, 1.82) is 0 Å². The number of nitrogens with zero attached hydrogens (tertiary/aromatic N) is 1. The molecule has 1 fully saturated rings. The monoisotopic (exact) mass is 447 g/mol. The number of amides is 1. The third-order valence-corrected chi connectivity index (χ3v) is 6.44. The molecule has 3 N–H and O–H groups in total. The summed E-state index contributed by atoms with van der Waals surface area (Å²) in [5.74, 6) is 0.292. The first-order valence-corrected chi connectivity index (χ1v) is 11.7. The Kier molecular flexibility index (Phi) is 8.48. The predicted molar refractivity (Wildman–Crippen MR) is 122 cm³/mol. The Bertz CT molecular complexity index is 792. The Balaban J connectivity index is 1.33. The van der Waals surface area contributed by atoms with E-state index in [-0.39, 0.29) is 25.0 Å². The highest BCUT2D eigenvalue weighted by molar-refractivity contribution is 5.87. The third-order valence-electron chi connectivity index (χ3n) is 6.44. The molecule has 0 radical (unpaired) electrons. The van der Waals surface area contributed by atoms with Gasteiger partial charge in [-0.05, 0) is 69.9 Å². The number of methoxy groups -OCH3 is 1. The molecule has 1 saturated carbocycles. The summed E-state index contributed by atoms with van der Waals surface area (Å²) < 4.78 is 10.9. The summed E-state index contributed by atoms with van der Waals surface area (Å²) >= 11 is 0. The summed E-state index contributed by atoms with van der Waals surface area (Å²) in [6.07, 6.45) is 6.75. The van der Waals surface area contributed by atoms with Crippen LogP contribution in [0.15, 0.2) is 12.1 Å². The first kappa shape index (κ1) is 24.5. The van der Waals surface area contributed by atoms with Crippen molar-refractivity contribution >= 4 is 17.7 Å². The molecule has 1 aromatic rings. The second kappa shape index (κ2) is 11.1. The zero-order chi connectivity index (χ0) is 23.1. The molecule has 1 atom stereocenters. The lowest BCUT2D eigenvalue weighted by molar-refractivity contribution is -0.145. The molecule has 8 nitrogen and oxygen atoms in total. The number of hydrogen-bond donors (Lipinski definition) is 3. The number of fused-ring (bicyclic) bond motifs is 1. The summed E-state index contributed by atoms with van der Waals surface area (Å²) in [7, 11) is 1.52. The standard InChI is InChI=1S/C24H37N3O5/c1-24(2,15-31-3)23(30)27-20(22(28)29)10-12-32-19-13-16(14-19)6-8-18-9-7-17-5-4-11-25-21(17)26-18/h7,9,16,19-20H,4-6,8,10-15H2,1-3H3,(H,25,26)(H,27,30)(H,28,29)/t16-,19-,20?. The van der Waals surface area contributed by atoms with Gasteiger partial charge in [0, 0.05) is 32.4 Å². The van der Waals surface area contributed by atoms with Gasteiger partial charge in [0.25, 0.3) is 0 Å². The van der Waals surface area contributed by atoms with Gasteiger partial charge in [-0.15, -0.1) is 0 Å². The van der Waals surface area contributed by atoms with E-state index in [4.69, 9.17) is 14.5 Å². The third kappa shape index (κ3) is 6.65. The van der Waals surface area contributed by atoms with E-state index in [1.807, 2.05) is 0 Å². The fourth-order valence-corrected chi connectivity index (χ4v) is 4.30. The lowest BCUT2D eigenvalue weighted by atomic mass is 9.79. The Labute approximate surface area is 190 Å². The number of anilines is 1. The highest BCUT2D eigenvalue weighted by Gasteiger charge is 2.33. The quantitative estimate of drug-likeness (QED) is 0.452. The van der Waals surface area contributed by atoms with Gasteiger partial charge in [-0.3, -0.25) is 4.79 Å². The van der Waals surface area contributed by atoms with Crippen molar-refractivity contribution in [2.24, 2.45) is 11.3 Å². The zero-order valence-corrected chi connectivity index (χ0v) is 19.5. The van der Waals surface area contributed by atoms with Crippen LogP contribution in [0.2, 0.25) is 0 Å². The van der Waals surface area contributed by atoms with Gasteiger partial charge >= 0.3 is 5.97 Å². The first-order valence-electron chi connectivity index (χ1n) is 11.7. The first-order chi connectivity index (χ1) is 15.3. The molecule has 3 rings (SSSR count). The maximum Gasteiger partial charge on any atom is 0.326 e. The molecule has 1 aliphatic heterocycles.